The highest BCUT2D eigenvalue weighted by atomic mass is 35.5. The molecule has 0 aliphatic rings. The van der Waals surface area contributed by atoms with Crippen LogP contribution in [0.3, 0.4) is 0 Å². The Morgan fingerprint density at radius 3 is 2.50 bits per heavy atom. The molecule has 0 bridgehead atoms. The highest BCUT2D eigenvalue weighted by Crippen LogP contribution is 2.32. The summed E-state index contributed by atoms with van der Waals surface area (Å²) in [5.74, 6) is -0.593. The summed E-state index contributed by atoms with van der Waals surface area (Å²) in [4.78, 5) is 23.2. The molecule has 0 spiro atoms. The summed E-state index contributed by atoms with van der Waals surface area (Å²) >= 11 is 12.4. The van der Waals surface area contributed by atoms with Gasteiger partial charge in [-0.05, 0) is 30.8 Å². The fraction of sp³-hybridized carbons (Fsp3) is 0.273. The van der Waals surface area contributed by atoms with Gasteiger partial charge in [-0.15, -0.1) is 0 Å². The molecule has 0 fully saturated rings. The van der Waals surface area contributed by atoms with Crippen molar-refractivity contribution in [3.05, 3.63) is 27.7 Å². The van der Waals surface area contributed by atoms with Crippen LogP contribution in [0.4, 0.5) is 0 Å². The molecule has 0 atom stereocenters. The zero-order valence-electron chi connectivity index (χ0n) is 9.41. The monoisotopic (exact) mass is 308 g/mol. The Morgan fingerprint density at radius 2 is 1.94 bits per heavy atom. The highest BCUT2D eigenvalue weighted by Gasteiger charge is 2.18. The third kappa shape index (κ3) is 3.88. The Kier molecular flexibility index (Phi) is 5.95. The molecule has 1 N–H and O–H groups in total. The lowest BCUT2D eigenvalue weighted by Gasteiger charge is -2.09. The molecule has 0 heterocycles. The van der Waals surface area contributed by atoms with E-state index < -0.39 is 17.7 Å². The number of halogens is 2. The molecular weight excluding hydrogens is 299 g/mol. The summed E-state index contributed by atoms with van der Waals surface area (Å²) in [5, 5.41) is 8.62. The van der Waals surface area contributed by atoms with Crippen LogP contribution in [0.15, 0.2) is 17.0 Å². The number of thioether (sulfide) groups is 1. The summed E-state index contributed by atoms with van der Waals surface area (Å²) in [6.45, 7) is 1.24. The minimum Gasteiger partial charge on any atom is -0.462 e. The number of carbonyl (C=O) groups excluding carboxylic acids is 2. The Hall–Kier alpha value is -0.750. The molecule has 1 aromatic carbocycles. The lowest BCUT2D eigenvalue weighted by Crippen LogP contribution is -2.08. The Bertz CT molecular complexity index is 476. The Balaban J connectivity index is 3.16. The van der Waals surface area contributed by atoms with E-state index in [1.165, 1.54) is 12.1 Å². The largest absolute Gasteiger partial charge is 0.462 e. The van der Waals surface area contributed by atoms with Crippen molar-refractivity contribution in [1.29, 1.82) is 0 Å². The number of esters is 1. The number of aliphatic hydroxyl groups is 1. The average molecular weight is 309 g/mol. The van der Waals surface area contributed by atoms with Gasteiger partial charge in [0.15, 0.2) is 0 Å². The lowest BCUT2D eigenvalue weighted by molar-refractivity contribution is -0.113. The van der Waals surface area contributed by atoms with E-state index in [-0.39, 0.29) is 22.2 Å². The molecule has 0 saturated heterocycles. The second-order valence-electron chi connectivity index (χ2n) is 3.12. The van der Waals surface area contributed by atoms with Crippen molar-refractivity contribution in [2.45, 2.75) is 11.8 Å². The van der Waals surface area contributed by atoms with Gasteiger partial charge in [-0.3, -0.25) is 4.79 Å². The first-order valence-electron chi connectivity index (χ1n) is 4.97. The van der Waals surface area contributed by atoms with Crippen LogP contribution in [0.5, 0.6) is 0 Å². The molecule has 18 heavy (non-hydrogen) atoms. The lowest BCUT2D eigenvalue weighted by atomic mass is 10.2. The van der Waals surface area contributed by atoms with Gasteiger partial charge >= 0.3 is 5.97 Å². The summed E-state index contributed by atoms with van der Waals surface area (Å²) in [5.41, 5.74) is 0.151. The van der Waals surface area contributed by atoms with Gasteiger partial charge in [-0.1, -0.05) is 23.2 Å². The van der Waals surface area contributed by atoms with Crippen LogP contribution >= 0.6 is 35.0 Å². The molecule has 0 amide bonds. The minimum absolute atomic E-state index is 0.151. The molecule has 4 nitrogen and oxygen atoms in total. The van der Waals surface area contributed by atoms with Crippen molar-refractivity contribution < 1.29 is 19.4 Å². The number of carbonyl (C=O) groups is 2. The van der Waals surface area contributed by atoms with E-state index in [0.29, 0.717) is 16.7 Å². The number of aliphatic hydroxyl groups excluding tert-OH is 1. The van der Waals surface area contributed by atoms with Crippen LogP contribution in [0.2, 0.25) is 10.0 Å². The number of rotatable bonds is 4. The normalized spacial score (nSPS) is 10.2. The SMILES string of the molecule is CCOC(=O)c1cc(Cl)c(Cl)cc1SC(=O)CO. The van der Waals surface area contributed by atoms with E-state index in [2.05, 4.69) is 0 Å². The molecular formula is C11H10Cl2O4S. The van der Waals surface area contributed by atoms with Gasteiger partial charge in [0, 0.05) is 4.90 Å². The first kappa shape index (κ1) is 15.3. The first-order chi connectivity index (χ1) is 8.49. The Morgan fingerprint density at radius 1 is 1.33 bits per heavy atom. The maximum Gasteiger partial charge on any atom is 0.339 e. The fourth-order valence-corrected chi connectivity index (χ4v) is 2.27. The van der Waals surface area contributed by atoms with E-state index in [1.54, 1.807) is 6.92 Å². The zero-order valence-corrected chi connectivity index (χ0v) is 11.7. The second kappa shape index (κ2) is 6.99. The van der Waals surface area contributed by atoms with E-state index >= 15 is 0 Å². The number of ether oxygens (including phenoxy) is 1. The predicted molar refractivity (Wildman–Crippen MR) is 70.4 cm³/mol. The number of hydrogen-bond acceptors (Lipinski definition) is 5. The third-order valence-corrected chi connectivity index (χ3v) is 3.51. The van der Waals surface area contributed by atoms with Gasteiger partial charge in [0.1, 0.15) is 6.61 Å². The van der Waals surface area contributed by atoms with Crippen molar-refractivity contribution in [2.24, 2.45) is 0 Å². The van der Waals surface area contributed by atoms with Crippen molar-refractivity contribution in [2.75, 3.05) is 13.2 Å². The average Bonchev–Trinajstić information content (AvgIpc) is 2.33. The minimum atomic E-state index is -0.632. The van der Waals surface area contributed by atoms with Crippen LogP contribution in [-0.2, 0) is 9.53 Å². The molecule has 98 valence electrons. The van der Waals surface area contributed by atoms with Gasteiger partial charge in [0.2, 0.25) is 5.12 Å². The Labute approximate surface area is 118 Å². The van der Waals surface area contributed by atoms with Crippen LogP contribution in [0.25, 0.3) is 0 Å². The zero-order chi connectivity index (χ0) is 13.7. The van der Waals surface area contributed by atoms with E-state index in [0.717, 1.165) is 0 Å². The summed E-state index contributed by atoms with van der Waals surface area (Å²) in [7, 11) is 0. The van der Waals surface area contributed by atoms with Gasteiger partial charge in [0.05, 0.1) is 22.2 Å². The van der Waals surface area contributed by atoms with Crippen molar-refractivity contribution >= 4 is 46.0 Å². The second-order valence-corrected chi connectivity index (χ2v) is 5.03. The quantitative estimate of drug-likeness (QED) is 0.684. The fourth-order valence-electron chi connectivity index (χ4n) is 1.14. The maximum atomic E-state index is 11.7. The molecule has 0 saturated carbocycles. The van der Waals surface area contributed by atoms with Gasteiger partial charge in [0.25, 0.3) is 0 Å². The molecule has 1 aromatic rings. The van der Waals surface area contributed by atoms with Crippen LogP contribution in [-0.4, -0.2) is 29.4 Å². The third-order valence-electron chi connectivity index (χ3n) is 1.87. The van der Waals surface area contributed by atoms with Gasteiger partial charge in [-0.2, -0.15) is 0 Å². The van der Waals surface area contributed by atoms with Gasteiger partial charge < -0.3 is 9.84 Å². The first-order valence-corrected chi connectivity index (χ1v) is 6.54. The molecule has 0 unspecified atom stereocenters. The molecule has 1 rings (SSSR count). The van der Waals surface area contributed by atoms with Gasteiger partial charge in [-0.25, -0.2) is 4.79 Å². The molecule has 0 aliphatic carbocycles. The molecule has 0 aromatic heterocycles. The topological polar surface area (TPSA) is 63.6 Å². The summed E-state index contributed by atoms with van der Waals surface area (Å²) in [6, 6.07) is 2.74. The van der Waals surface area contributed by atoms with E-state index in [1.807, 2.05) is 0 Å². The van der Waals surface area contributed by atoms with Crippen molar-refractivity contribution in [1.82, 2.24) is 0 Å². The van der Waals surface area contributed by atoms with Crippen LogP contribution in [0.1, 0.15) is 17.3 Å². The van der Waals surface area contributed by atoms with Crippen LogP contribution in [0, 0.1) is 0 Å². The number of hydrogen-bond donors (Lipinski definition) is 1. The molecule has 0 radical (unpaired) electrons. The molecule has 7 heteroatoms. The molecule has 0 aliphatic heterocycles. The van der Waals surface area contributed by atoms with Crippen molar-refractivity contribution in [3.8, 4) is 0 Å². The van der Waals surface area contributed by atoms with Crippen molar-refractivity contribution in [3.63, 3.8) is 0 Å². The van der Waals surface area contributed by atoms with Crippen LogP contribution < -0.4 is 0 Å². The highest BCUT2D eigenvalue weighted by molar-refractivity contribution is 8.13. The maximum absolute atomic E-state index is 11.7. The smallest absolute Gasteiger partial charge is 0.339 e. The predicted octanol–water partition coefficient (Wildman–Crippen LogP) is 2.78. The summed E-state index contributed by atoms with van der Waals surface area (Å²) in [6.07, 6.45) is 0. The van der Waals surface area contributed by atoms with E-state index in [9.17, 15) is 9.59 Å². The summed E-state index contributed by atoms with van der Waals surface area (Å²) < 4.78 is 4.85. The number of benzene rings is 1. The standard InChI is InChI=1S/C11H10Cl2O4S/c1-2-17-11(16)6-3-7(12)8(13)4-9(6)18-10(15)5-14/h3-4,14H,2,5H2,1H3. The van der Waals surface area contributed by atoms with E-state index in [4.69, 9.17) is 33.0 Å².